The first kappa shape index (κ1) is 15.0. The number of hydrogen-bond donors (Lipinski definition) is 3. The number of nitrogen functional groups attached to an aromatic ring is 1. The van der Waals surface area contributed by atoms with Gasteiger partial charge in [-0.15, -0.1) is 0 Å². The van der Waals surface area contributed by atoms with Gasteiger partial charge in [0, 0.05) is 17.9 Å². The predicted molar refractivity (Wildman–Crippen MR) is 76.0 cm³/mol. The Morgan fingerprint density at radius 3 is 2.80 bits per heavy atom. The number of nitrogens with two attached hydrogens (primary N) is 2. The maximum absolute atomic E-state index is 11.6. The smallest absolute Gasteiger partial charge is 0.238 e. The van der Waals surface area contributed by atoms with Gasteiger partial charge in [-0.25, -0.2) is 13.6 Å². The van der Waals surface area contributed by atoms with Gasteiger partial charge in [0.1, 0.15) is 0 Å². The van der Waals surface area contributed by atoms with E-state index < -0.39 is 10.0 Å². The number of rotatable bonds is 3. The highest BCUT2D eigenvalue weighted by Gasteiger charge is 2.26. The van der Waals surface area contributed by atoms with E-state index in [4.69, 9.17) is 15.6 Å². The Morgan fingerprint density at radius 1 is 1.50 bits per heavy atom. The van der Waals surface area contributed by atoms with Gasteiger partial charge < -0.3 is 20.5 Å². The Balaban J connectivity index is 2.53. The van der Waals surface area contributed by atoms with Crippen molar-refractivity contribution in [2.45, 2.75) is 17.9 Å². The monoisotopic (exact) mass is 301 g/mol. The van der Waals surface area contributed by atoms with E-state index in [1.165, 1.54) is 6.07 Å². The fraction of sp³-hybridized carbons (Fsp3) is 0.500. The maximum atomic E-state index is 11.6. The molecule has 2 rings (SSSR count). The molecule has 7 nitrogen and oxygen atoms in total. The van der Waals surface area contributed by atoms with E-state index in [9.17, 15) is 13.5 Å². The van der Waals surface area contributed by atoms with Gasteiger partial charge in [-0.2, -0.15) is 0 Å². The molecule has 1 aliphatic heterocycles. The van der Waals surface area contributed by atoms with Crippen LogP contribution in [0, 0.1) is 6.92 Å². The highest BCUT2D eigenvalue weighted by Crippen LogP contribution is 2.31. The standard InChI is InChI=1S/C12H19N3O4S/c1-8-11(15-2-3-19-7-10(15)6-16)4-9(13)5-12(8)20(14,17)18/h4-5,10,16H,2-3,6-7,13H2,1H3,(H2,14,17,18). The van der Waals surface area contributed by atoms with Crippen molar-refractivity contribution < 1.29 is 18.3 Å². The van der Waals surface area contributed by atoms with Crippen molar-refractivity contribution in [2.24, 2.45) is 5.14 Å². The van der Waals surface area contributed by atoms with Crippen LogP contribution in [0.2, 0.25) is 0 Å². The summed E-state index contributed by atoms with van der Waals surface area (Å²) in [5.74, 6) is 0. The lowest BCUT2D eigenvalue weighted by molar-refractivity contribution is 0.0726. The first-order valence-electron chi connectivity index (χ1n) is 6.22. The van der Waals surface area contributed by atoms with Gasteiger partial charge in [0.2, 0.25) is 10.0 Å². The number of nitrogens with zero attached hydrogens (tertiary/aromatic N) is 1. The summed E-state index contributed by atoms with van der Waals surface area (Å²) >= 11 is 0. The maximum Gasteiger partial charge on any atom is 0.238 e. The largest absolute Gasteiger partial charge is 0.399 e. The molecule has 20 heavy (non-hydrogen) atoms. The van der Waals surface area contributed by atoms with Gasteiger partial charge in [0.25, 0.3) is 0 Å². The number of primary sulfonamides is 1. The zero-order valence-electron chi connectivity index (χ0n) is 11.2. The van der Waals surface area contributed by atoms with Crippen molar-refractivity contribution in [3.8, 4) is 0 Å². The molecule has 1 atom stereocenters. The number of anilines is 2. The van der Waals surface area contributed by atoms with Crippen LogP contribution in [0.25, 0.3) is 0 Å². The summed E-state index contributed by atoms with van der Waals surface area (Å²) in [5.41, 5.74) is 7.29. The molecule has 0 radical (unpaired) electrons. The summed E-state index contributed by atoms with van der Waals surface area (Å²) < 4.78 is 28.6. The minimum Gasteiger partial charge on any atom is -0.399 e. The molecule has 1 heterocycles. The van der Waals surface area contributed by atoms with Crippen LogP contribution in [0.5, 0.6) is 0 Å². The number of benzene rings is 1. The molecule has 5 N–H and O–H groups in total. The van der Waals surface area contributed by atoms with Crippen molar-refractivity contribution >= 4 is 21.4 Å². The Bertz CT molecular complexity index is 603. The highest BCUT2D eigenvalue weighted by molar-refractivity contribution is 7.89. The predicted octanol–water partition coefficient (Wildman–Crippen LogP) is -0.578. The first-order chi connectivity index (χ1) is 9.34. The zero-order chi connectivity index (χ0) is 14.9. The van der Waals surface area contributed by atoms with E-state index in [1.54, 1.807) is 13.0 Å². The molecule has 0 bridgehead atoms. The minimum atomic E-state index is -3.84. The number of aliphatic hydroxyl groups is 1. The lowest BCUT2D eigenvalue weighted by Gasteiger charge is -2.37. The summed E-state index contributed by atoms with van der Waals surface area (Å²) in [6.45, 7) is 3.04. The molecule has 112 valence electrons. The van der Waals surface area contributed by atoms with Crippen LogP contribution in [-0.2, 0) is 14.8 Å². The zero-order valence-corrected chi connectivity index (χ0v) is 12.1. The average molecular weight is 301 g/mol. The number of sulfonamides is 1. The molecular formula is C12H19N3O4S. The van der Waals surface area contributed by atoms with E-state index >= 15 is 0 Å². The lowest BCUT2D eigenvalue weighted by Crippen LogP contribution is -2.48. The van der Waals surface area contributed by atoms with Crippen molar-refractivity contribution in [1.29, 1.82) is 0 Å². The van der Waals surface area contributed by atoms with Gasteiger partial charge >= 0.3 is 0 Å². The number of morpholine rings is 1. The van der Waals surface area contributed by atoms with Crippen LogP contribution in [0.1, 0.15) is 5.56 Å². The third-order valence-electron chi connectivity index (χ3n) is 3.41. The second kappa shape index (κ2) is 5.57. The van der Waals surface area contributed by atoms with E-state index in [2.05, 4.69) is 0 Å². The van der Waals surface area contributed by atoms with Crippen LogP contribution < -0.4 is 15.8 Å². The molecule has 0 spiro atoms. The summed E-state index contributed by atoms with van der Waals surface area (Å²) in [5, 5.41) is 14.6. The molecule has 1 aromatic carbocycles. The minimum absolute atomic E-state index is 0.00989. The molecule has 1 aromatic rings. The third kappa shape index (κ3) is 2.88. The molecule has 0 aliphatic carbocycles. The SMILES string of the molecule is Cc1c(N2CCOCC2CO)cc(N)cc1S(N)(=O)=O. The van der Waals surface area contributed by atoms with Gasteiger partial charge in [-0.1, -0.05) is 0 Å². The van der Waals surface area contributed by atoms with Crippen molar-refractivity contribution in [2.75, 3.05) is 37.0 Å². The van der Waals surface area contributed by atoms with Crippen LogP contribution in [0.3, 0.4) is 0 Å². The topological polar surface area (TPSA) is 119 Å². The van der Waals surface area contributed by atoms with Gasteiger partial charge in [-0.05, 0) is 24.6 Å². The highest BCUT2D eigenvalue weighted by atomic mass is 32.2. The van der Waals surface area contributed by atoms with E-state index in [0.29, 0.717) is 36.7 Å². The fourth-order valence-electron chi connectivity index (χ4n) is 2.41. The summed E-state index contributed by atoms with van der Waals surface area (Å²) in [7, 11) is -3.84. The molecule has 1 unspecified atom stereocenters. The fourth-order valence-corrected chi connectivity index (χ4v) is 3.24. The third-order valence-corrected chi connectivity index (χ3v) is 4.45. The summed E-state index contributed by atoms with van der Waals surface area (Å²) in [6, 6.07) is 2.82. The Kier molecular flexibility index (Phi) is 4.19. The normalized spacial score (nSPS) is 20.1. The summed E-state index contributed by atoms with van der Waals surface area (Å²) in [4.78, 5) is 1.92. The van der Waals surface area contributed by atoms with E-state index in [0.717, 1.165) is 0 Å². The van der Waals surface area contributed by atoms with Gasteiger partial charge in [0.15, 0.2) is 0 Å². The quantitative estimate of drug-likeness (QED) is 0.643. The molecule has 0 saturated carbocycles. The van der Waals surface area contributed by atoms with Crippen molar-refractivity contribution in [3.05, 3.63) is 17.7 Å². The molecule has 1 fully saturated rings. The van der Waals surface area contributed by atoms with Crippen molar-refractivity contribution in [1.82, 2.24) is 0 Å². The van der Waals surface area contributed by atoms with Gasteiger partial charge in [-0.3, -0.25) is 0 Å². The van der Waals surface area contributed by atoms with E-state index in [1.807, 2.05) is 4.90 Å². The Labute approximate surface area is 118 Å². The number of hydrogen-bond acceptors (Lipinski definition) is 6. The average Bonchev–Trinajstić information content (AvgIpc) is 2.39. The lowest BCUT2D eigenvalue weighted by atomic mass is 10.1. The molecule has 1 aliphatic rings. The molecular weight excluding hydrogens is 282 g/mol. The summed E-state index contributed by atoms with van der Waals surface area (Å²) in [6.07, 6.45) is 0. The van der Waals surface area contributed by atoms with Crippen LogP contribution >= 0.6 is 0 Å². The molecule has 0 amide bonds. The van der Waals surface area contributed by atoms with Gasteiger partial charge in [0.05, 0.1) is 30.8 Å². The van der Waals surface area contributed by atoms with Crippen LogP contribution in [-0.4, -0.2) is 45.9 Å². The van der Waals surface area contributed by atoms with E-state index in [-0.39, 0.29) is 17.5 Å². The Morgan fingerprint density at radius 2 is 2.20 bits per heavy atom. The van der Waals surface area contributed by atoms with Crippen LogP contribution in [0.4, 0.5) is 11.4 Å². The number of ether oxygens (including phenoxy) is 1. The Hall–Kier alpha value is -1.35. The van der Waals surface area contributed by atoms with Crippen LogP contribution in [0.15, 0.2) is 17.0 Å². The number of aliphatic hydroxyl groups excluding tert-OH is 1. The molecule has 0 aromatic heterocycles. The molecule has 1 saturated heterocycles. The first-order valence-corrected chi connectivity index (χ1v) is 7.77. The van der Waals surface area contributed by atoms with Crippen molar-refractivity contribution in [3.63, 3.8) is 0 Å². The molecule has 8 heteroatoms. The second-order valence-electron chi connectivity index (χ2n) is 4.81. The second-order valence-corrected chi connectivity index (χ2v) is 6.34.